The van der Waals surface area contributed by atoms with Crippen molar-refractivity contribution >= 4 is 11.8 Å². The van der Waals surface area contributed by atoms with Crippen LogP contribution >= 0.6 is 11.8 Å². The first-order chi connectivity index (χ1) is 13.5. The van der Waals surface area contributed by atoms with Gasteiger partial charge in [0, 0.05) is 17.9 Å². The van der Waals surface area contributed by atoms with Crippen LogP contribution in [0.1, 0.15) is 49.2 Å². The van der Waals surface area contributed by atoms with Crippen LogP contribution < -0.4 is 4.74 Å². The molecule has 0 aliphatic rings. The molecule has 3 aromatic rings. The Morgan fingerprint density at radius 1 is 1.14 bits per heavy atom. The summed E-state index contributed by atoms with van der Waals surface area (Å²) in [6.07, 6.45) is 1.02. The lowest BCUT2D eigenvalue weighted by atomic mass is 10.2. The summed E-state index contributed by atoms with van der Waals surface area (Å²) in [5, 5.41) is 13.7. The first-order valence-corrected chi connectivity index (χ1v) is 10.6. The molecule has 0 amide bonds. The van der Waals surface area contributed by atoms with Crippen molar-refractivity contribution in [2.75, 3.05) is 0 Å². The van der Waals surface area contributed by atoms with Crippen LogP contribution in [-0.2, 0) is 25.3 Å². The molecule has 7 heteroatoms. The zero-order chi connectivity index (χ0) is 20.1. The standard InChI is InChI=1S/C21H28N4O2S/c1-6-17-7-9-18(10-8-17)26-12-20-22-23-21(25(20)11-14(2)3)28-13-19-15(4)24-27-16(19)5/h7-10,14H,6,11-13H2,1-5H3. The first-order valence-electron chi connectivity index (χ1n) is 9.66. The molecular formula is C21H28N4O2S. The predicted octanol–water partition coefficient (Wildman–Crippen LogP) is 4.97. The van der Waals surface area contributed by atoms with Crippen molar-refractivity contribution in [2.24, 2.45) is 5.92 Å². The first kappa shape index (κ1) is 20.5. The van der Waals surface area contributed by atoms with Gasteiger partial charge in [-0.25, -0.2) is 0 Å². The van der Waals surface area contributed by atoms with Gasteiger partial charge in [0.05, 0.1) is 5.69 Å². The van der Waals surface area contributed by atoms with Crippen molar-refractivity contribution in [3.63, 3.8) is 0 Å². The summed E-state index contributed by atoms with van der Waals surface area (Å²) in [6.45, 7) is 11.7. The van der Waals surface area contributed by atoms with Crippen LogP contribution in [0.4, 0.5) is 0 Å². The molecule has 2 aromatic heterocycles. The third-order valence-electron chi connectivity index (χ3n) is 4.57. The Morgan fingerprint density at radius 2 is 1.89 bits per heavy atom. The second-order valence-corrected chi connectivity index (χ2v) is 8.22. The number of aryl methyl sites for hydroxylation is 3. The zero-order valence-electron chi connectivity index (χ0n) is 17.2. The summed E-state index contributed by atoms with van der Waals surface area (Å²) >= 11 is 1.66. The van der Waals surface area contributed by atoms with Crippen LogP contribution in [0.3, 0.4) is 0 Å². The Hall–Kier alpha value is -2.28. The lowest BCUT2D eigenvalue weighted by Crippen LogP contribution is -2.12. The maximum Gasteiger partial charge on any atom is 0.191 e. The number of benzene rings is 1. The monoisotopic (exact) mass is 400 g/mol. The number of hydrogen-bond acceptors (Lipinski definition) is 6. The van der Waals surface area contributed by atoms with E-state index in [4.69, 9.17) is 9.26 Å². The van der Waals surface area contributed by atoms with Gasteiger partial charge in [0.1, 0.15) is 18.1 Å². The van der Waals surface area contributed by atoms with Gasteiger partial charge in [0.2, 0.25) is 0 Å². The number of aromatic nitrogens is 4. The fraction of sp³-hybridized carbons (Fsp3) is 0.476. The highest BCUT2D eigenvalue weighted by atomic mass is 32.2. The number of thioether (sulfide) groups is 1. The lowest BCUT2D eigenvalue weighted by molar-refractivity contribution is 0.284. The second kappa shape index (κ2) is 9.28. The average Bonchev–Trinajstić information content (AvgIpc) is 3.21. The van der Waals surface area contributed by atoms with E-state index in [0.717, 1.165) is 52.5 Å². The Labute approximate surface area is 170 Å². The maximum absolute atomic E-state index is 5.96. The van der Waals surface area contributed by atoms with Crippen LogP contribution in [0.5, 0.6) is 5.75 Å². The molecule has 6 nitrogen and oxygen atoms in total. The molecule has 3 rings (SSSR count). The number of hydrogen-bond donors (Lipinski definition) is 0. The molecule has 0 saturated carbocycles. The van der Waals surface area contributed by atoms with Crippen molar-refractivity contribution < 1.29 is 9.26 Å². The summed E-state index contributed by atoms with van der Waals surface area (Å²) < 4.78 is 13.4. The van der Waals surface area contributed by atoms with Gasteiger partial charge in [-0.05, 0) is 43.9 Å². The van der Waals surface area contributed by atoms with Crippen LogP contribution in [0.15, 0.2) is 33.9 Å². The van der Waals surface area contributed by atoms with E-state index in [1.807, 2.05) is 26.0 Å². The maximum atomic E-state index is 5.96. The average molecular weight is 401 g/mol. The highest BCUT2D eigenvalue weighted by Gasteiger charge is 2.17. The number of rotatable bonds is 9. The molecule has 0 aliphatic carbocycles. The molecule has 0 N–H and O–H groups in total. The largest absolute Gasteiger partial charge is 0.486 e. The highest BCUT2D eigenvalue weighted by Crippen LogP contribution is 2.26. The van der Waals surface area contributed by atoms with E-state index in [-0.39, 0.29) is 0 Å². The topological polar surface area (TPSA) is 66.0 Å². The van der Waals surface area contributed by atoms with Gasteiger partial charge in [-0.15, -0.1) is 10.2 Å². The molecule has 0 saturated heterocycles. The molecule has 150 valence electrons. The molecule has 0 bridgehead atoms. The molecule has 28 heavy (non-hydrogen) atoms. The number of ether oxygens (including phenoxy) is 1. The van der Waals surface area contributed by atoms with Gasteiger partial charge in [-0.3, -0.25) is 0 Å². The Kier molecular flexibility index (Phi) is 6.78. The minimum absolute atomic E-state index is 0.400. The summed E-state index contributed by atoms with van der Waals surface area (Å²) in [5.74, 6) is 3.79. The Bertz CT molecular complexity index is 880. The van der Waals surface area contributed by atoms with Crippen molar-refractivity contribution in [2.45, 2.75) is 65.1 Å². The fourth-order valence-corrected chi connectivity index (χ4v) is 4.01. The van der Waals surface area contributed by atoms with Crippen molar-refractivity contribution in [3.05, 3.63) is 52.7 Å². The summed E-state index contributed by atoms with van der Waals surface area (Å²) in [7, 11) is 0. The van der Waals surface area contributed by atoms with Crippen LogP contribution in [0, 0.1) is 19.8 Å². The molecular weight excluding hydrogens is 372 g/mol. The lowest BCUT2D eigenvalue weighted by Gasteiger charge is -2.13. The molecule has 0 fully saturated rings. The highest BCUT2D eigenvalue weighted by molar-refractivity contribution is 7.98. The van der Waals surface area contributed by atoms with E-state index in [9.17, 15) is 0 Å². The summed E-state index contributed by atoms with van der Waals surface area (Å²) in [6, 6.07) is 8.21. The second-order valence-electron chi connectivity index (χ2n) is 7.28. The van der Waals surface area contributed by atoms with Crippen molar-refractivity contribution in [3.8, 4) is 5.75 Å². The summed E-state index contributed by atoms with van der Waals surface area (Å²) in [4.78, 5) is 0. The molecule has 0 spiro atoms. The van der Waals surface area contributed by atoms with Crippen molar-refractivity contribution in [1.29, 1.82) is 0 Å². The van der Waals surface area contributed by atoms with E-state index >= 15 is 0 Å². The Morgan fingerprint density at radius 3 is 2.50 bits per heavy atom. The van der Waals surface area contributed by atoms with Gasteiger partial charge in [-0.2, -0.15) is 0 Å². The van der Waals surface area contributed by atoms with Gasteiger partial charge in [0.15, 0.2) is 11.0 Å². The zero-order valence-corrected chi connectivity index (χ0v) is 18.0. The third-order valence-corrected chi connectivity index (χ3v) is 5.56. The molecule has 0 aliphatic heterocycles. The smallest absolute Gasteiger partial charge is 0.191 e. The fourth-order valence-electron chi connectivity index (χ4n) is 2.89. The minimum Gasteiger partial charge on any atom is -0.486 e. The third kappa shape index (κ3) is 4.95. The SMILES string of the molecule is CCc1ccc(OCc2nnc(SCc3c(C)noc3C)n2CC(C)C)cc1. The van der Waals surface area contributed by atoms with Gasteiger partial charge in [0.25, 0.3) is 0 Å². The van der Waals surface area contributed by atoms with Crippen LogP contribution in [0.2, 0.25) is 0 Å². The van der Waals surface area contributed by atoms with Gasteiger partial charge in [-0.1, -0.05) is 49.8 Å². The predicted molar refractivity (Wildman–Crippen MR) is 111 cm³/mol. The van der Waals surface area contributed by atoms with E-state index in [1.165, 1.54) is 5.56 Å². The van der Waals surface area contributed by atoms with E-state index in [2.05, 4.69) is 52.8 Å². The Balaban J connectivity index is 1.71. The molecule has 0 radical (unpaired) electrons. The molecule has 2 heterocycles. The van der Waals surface area contributed by atoms with E-state index < -0.39 is 0 Å². The van der Waals surface area contributed by atoms with Crippen LogP contribution in [-0.4, -0.2) is 19.9 Å². The minimum atomic E-state index is 0.400. The van der Waals surface area contributed by atoms with Gasteiger partial charge < -0.3 is 13.8 Å². The van der Waals surface area contributed by atoms with Crippen molar-refractivity contribution in [1.82, 2.24) is 19.9 Å². The van der Waals surface area contributed by atoms with E-state index in [1.54, 1.807) is 11.8 Å². The van der Waals surface area contributed by atoms with Crippen LogP contribution in [0.25, 0.3) is 0 Å². The van der Waals surface area contributed by atoms with E-state index in [0.29, 0.717) is 12.5 Å². The number of nitrogens with zero attached hydrogens (tertiary/aromatic N) is 4. The molecule has 0 unspecified atom stereocenters. The molecule has 0 atom stereocenters. The summed E-state index contributed by atoms with van der Waals surface area (Å²) in [5.41, 5.74) is 3.35. The quantitative estimate of drug-likeness (QED) is 0.472. The normalized spacial score (nSPS) is 11.4. The van der Waals surface area contributed by atoms with Gasteiger partial charge >= 0.3 is 0 Å². The molecule has 1 aromatic carbocycles.